The van der Waals surface area contributed by atoms with Crippen LogP contribution in [-0.4, -0.2) is 35.1 Å². The lowest BCUT2D eigenvalue weighted by molar-refractivity contribution is 0.0945. The van der Waals surface area contributed by atoms with Gasteiger partial charge in [0.2, 0.25) is 5.95 Å². The van der Waals surface area contributed by atoms with E-state index >= 15 is 0 Å². The number of nitrogens with zero attached hydrogens (tertiary/aromatic N) is 3. The zero-order chi connectivity index (χ0) is 19.9. The number of methoxy groups -OCH3 is 2. The number of hydrogen-bond donors (Lipinski definition) is 2. The van der Waals surface area contributed by atoms with Gasteiger partial charge in [0.25, 0.3) is 5.91 Å². The largest absolute Gasteiger partial charge is 0.493 e. The van der Waals surface area contributed by atoms with Crippen molar-refractivity contribution in [2.75, 3.05) is 19.5 Å². The number of carbonyl (C=O) groups excluding carboxylic acids is 1. The summed E-state index contributed by atoms with van der Waals surface area (Å²) < 4.78 is 10.5. The summed E-state index contributed by atoms with van der Waals surface area (Å²) in [6, 6.07) is 12.5. The molecule has 2 heterocycles. The summed E-state index contributed by atoms with van der Waals surface area (Å²) in [6.07, 6.45) is 1.68. The van der Waals surface area contributed by atoms with Crippen LogP contribution in [0.3, 0.4) is 0 Å². The minimum atomic E-state index is -0.300. The fourth-order valence-electron chi connectivity index (χ4n) is 2.55. The summed E-state index contributed by atoms with van der Waals surface area (Å²) in [5.41, 5.74) is 2.42. The Kier molecular flexibility index (Phi) is 6.01. The minimum absolute atomic E-state index is 0.270. The Bertz CT molecular complexity index is 963. The van der Waals surface area contributed by atoms with Gasteiger partial charge in [-0.25, -0.2) is 9.97 Å². The Morgan fingerprint density at radius 2 is 1.86 bits per heavy atom. The van der Waals surface area contributed by atoms with Crippen molar-refractivity contribution in [3.63, 3.8) is 0 Å². The molecule has 0 fully saturated rings. The average molecular weight is 379 g/mol. The van der Waals surface area contributed by atoms with Crippen LogP contribution in [-0.2, 0) is 6.54 Å². The standard InChI is InChI=1S/C20H21N5O3/c1-13-10-16(19(26)22-12-15-6-4-5-9-21-15)25-20(23-13)24-14-7-8-17(27-2)18(11-14)28-3/h4-11H,12H2,1-3H3,(H,22,26)(H,23,24,25). The Balaban J connectivity index is 1.75. The number of amides is 1. The molecular formula is C20H21N5O3. The van der Waals surface area contributed by atoms with Gasteiger partial charge >= 0.3 is 0 Å². The number of hydrogen-bond acceptors (Lipinski definition) is 7. The molecule has 8 nitrogen and oxygen atoms in total. The van der Waals surface area contributed by atoms with Gasteiger partial charge in [-0.1, -0.05) is 6.07 Å². The molecule has 144 valence electrons. The summed E-state index contributed by atoms with van der Waals surface area (Å²) >= 11 is 0. The van der Waals surface area contributed by atoms with E-state index in [0.717, 1.165) is 5.69 Å². The summed E-state index contributed by atoms with van der Waals surface area (Å²) in [7, 11) is 3.14. The monoisotopic (exact) mass is 379 g/mol. The van der Waals surface area contributed by atoms with Crippen molar-refractivity contribution < 1.29 is 14.3 Å². The van der Waals surface area contributed by atoms with Crippen molar-refractivity contribution in [1.29, 1.82) is 0 Å². The van der Waals surface area contributed by atoms with Gasteiger partial charge in [0.1, 0.15) is 5.69 Å². The molecule has 0 saturated carbocycles. The van der Waals surface area contributed by atoms with Crippen molar-refractivity contribution in [2.24, 2.45) is 0 Å². The Morgan fingerprint density at radius 1 is 1.04 bits per heavy atom. The van der Waals surface area contributed by atoms with E-state index in [4.69, 9.17) is 9.47 Å². The Hall–Kier alpha value is -3.68. The molecule has 8 heteroatoms. The van der Waals surface area contributed by atoms with Crippen LogP contribution in [0.1, 0.15) is 21.9 Å². The third-order valence-corrected chi connectivity index (χ3v) is 3.88. The zero-order valence-electron chi connectivity index (χ0n) is 15.9. The van der Waals surface area contributed by atoms with Gasteiger partial charge in [-0.3, -0.25) is 9.78 Å². The molecule has 0 aliphatic rings. The predicted molar refractivity (Wildman–Crippen MR) is 105 cm³/mol. The van der Waals surface area contributed by atoms with Crippen LogP contribution in [0.4, 0.5) is 11.6 Å². The highest BCUT2D eigenvalue weighted by molar-refractivity contribution is 5.92. The maximum Gasteiger partial charge on any atom is 0.270 e. The molecule has 0 unspecified atom stereocenters. The molecule has 3 aromatic rings. The molecule has 3 rings (SSSR count). The minimum Gasteiger partial charge on any atom is -0.493 e. The van der Waals surface area contributed by atoms with E-state index in [1.807, 2.05) is 24.3 Å². The first-order valence-corrected chi connectivity index (χ1v) is 8.62. The Morgan fingerprint density at radius 3 is 2.57 bits per heavy atom. The second-order valence-electron chi connectivity index (χ2n) is 5.92. The number of aryl methyl sites for hydroxylation is 1. The van der Waals surface area contributed by atoms with Gasteiger partial charge < -0.3 is 20.1 Å². The molecule has 0 spiro atoms. The average Bonchev–Trinajstić information content (AvgIpc) is 2.72. The summed E-state index contributed by atoms with van der Waals surface area (Å²) in [4.78, 5) is 25.3. The number of nitrogens with one attached hydrogen (secondary N) is 2. The van der Waals surface area contributed by atoms with Gasteiger partial charge in [-0.05, 0) is 37.3 Å². The van der Waals surface area contributed by atoms with Crippen LogP contribution < -0.4 is 20.1 Å². The number of aromatic nitrogens is 3. The topological polar surface area (TPSA) is 98.3 Å². The van der Waals surface area contributed by atoms with Crippen molar-refractivity contribution in [3.05, 3.63) is 65.7 Å². The molecule has 0 atom stereocenters. The first-order chi connectivity index (χ1) is 13.6. The summed E-state index contributed by atoms with van der Waals surface area (Å²) in [5.74, 6) is 1.21. The van der Waals surface area contributed by atoms with Gasteiger partial charge in [0.15, 0.2) is 11.5 Å². The third-order valence-electron chi connectivity index (χ3n) is 3.88. The molecule has 0 radical (unpaired) electrons. The van der Waals surface area contributed by atoms with E-state index in [2.05, 4.69) is 25.6 Å². The molecule has 0 saturated heterocycles. The van der Waals surface area contributed by atoms with Crippen LogP contribution in [0.15, 0.2) is 48.7 Å². The van der Waals surface area contributed by atoms with Gasteiger partial charge in [-0.2, -0.15) is 0 Å². The Labute approximate surface area is 163 Å². The number of ether oxygens (including phenoxy) is 2. The lowest BCUT2D eigenvalue weighted by Gasteiger charge is -2.11. The van der Waals surface area contributed by atoms with Crippen LogP contribution in [0.2, 0.25) is 0 Å². The van der Waals surface area contributed by atoms with Gasteiger partial charge in [-0.15, -0.1) is 0 Å². The number of benzene rings is 1. The SMILES string of the molecule is COc1ccc(Nc2nc(C)cc(C(=O)NCc3ccccn3)n2)cc1OC. The van der Waals surface area contributed by atoms with E-state index in [1.165, 1.54) is 0 Å². The van der Waals surface area contributed by atoms with Crippen LogP contribution in [0, 0.1) is 6.92 Å². The van der Waals surface area contributed by atoms with E-state index in [0.29, 0.717) is 35.4 Å². The van der Waals surface area contributed by atoms with Gasteiger partial charge in [0.05, 0.1) is 26.5 Å². The molecule has 2 N–H and O–H groups in total. The predicted octanol–water partition coefficient (Wildman–Crippen LogP) is 2.87. The van der Waals surface area contributed by atoms with Crippen LogP contribution in [0.25, 0.3) is 0 Å². The first kappa shape index (κ1) is 19.1. The molecular weight excluding hydrogens is 358 g/mol. The highest BCUT2D eigenvalue weighted by atomic mass is 16.5. The summed E-state index contributed by atoms with van der Waals surface area (Å²) in [5, 5.41) is 5.90. The smallest absolute Gasteiger partial charge is 0.270 e. The van der Waals surface area contributed by atoms with Crippen molar-refractivity contribution in [2.45, 2.75) is 13.5 Å². The second-order valence-corrected chi connectivity index (χ2v) is 5.92. The molecule has 0 bridgehead atoms. The molecule has 0 aliphatic carbocycles. The van der Waals surface area contributed by atoms with E-state index < -0.39 is 0 Å². The highest BCUT2D eigenvalue weighted by Gasteiger charge is 2.12. The fourth-order valence-corrected chi connectivity index (χ4v) is 2.55. The third kappa shape index (κ3) is 4.73. The number of pyridine rings is 1. The first-order valence-electron chi connectivity index (χ1n) is 8.62. The van der Waals surface area contributed by atoms with E-state index in [9.17, 15) is 4.79 Å². The maximum atomic E-state index is 12.5. The van der Waals surface area contributed by atoms with Crippen molar-refractivity contribution >= 4 is 17.5 Å². The number of anilines is 2. The lowest BCUT2D eigenvalue weighted by Crippen LogP contribution is -2.24. The van der Waals surface area contributed by atoms with Crippen LogP contribution in [0.5, 0.6) is 11.5 Å². The van der Waals surface area contributed by atoms with Gasteiger partial charge in [0, 0.05) is 23.6 Å². The molecule has 1 aromatic carbocycles. The second kappa shape index (κ2) is 8.81. The molecule has 2 aromatic heterocycles. The van der Waals surface area contributed by atoms with Crippen molar-refractivity contribution in [1.82, 2.24) is 20.3 Å². The maximum absolute atomic E-state index is 12.5. The lowest BCUT2D eigenvalue weighted by atomic mass is 10.2. The quantitative estimate of drug-likeness (QED) is 0.651. The number of carbonyl (C=O) groups is 1. The van der Waals surface area contributed by atoms with E-state index in [-0.39, 0.29) is 11.6 Å². The fraction of sp³-hybridized carbons (Fsp3) is 0.200. The van der Waals surface area contributed by atoms with Crippen molar-refractivity contribution in [3.8, 4) is 11.5 Å². The highest BCUT2D eigenvalue weighted by Crippen LogP contribution is 2.30. The molecule has 28 heavy (non-hydrogen) atoms. The zero-order valence-corrected chi connectivity index (χ0v) is 15.9. The molecule has 0 aliphatic heterocycles. The summed E-state index contributed by atoms with van der Waals surface area (Å²) in [6.45, 7) is 2.12. The number of rotatable bonds is 7. The normalized spacial score (nSPS) is 10.2. The van der Waals surface area contributed by atoms with Crippen LogP contribution >= 0.6 is 0 Å². The van der Waals surface area contributed by atoms with E-state index in [1.54, 1.807) is 45.5 Å². The molecule has 1 amide bonds.